The van der Waals surface area contributed by atoms with Crippen LogP contribution in [0.3, 0.4) is 0 Å². The average Bonchev–Trinajstić information content (AvgIpc) is 2.01. The summed E-state index contributed by atoms with van der Waals surface area (Å²) in [6, 6.07) is 3.51. The first-order valence-electron chi connectivity index (χ1n) is 4.34. The maximum absolute atomic E-state index is 12.7. The van der Waals surface area contributed by atoms with Crippen LogP contribution in [0.4, 0.5) is 10.1 Å². The van der Waals surface area contributed by atoms with Crippen molar-refractivity contribution in [2.75, 3.05) is 5.73 Å². The van der Waals surface area contributed by atoms with Crippen molar-refractivity contribution in [3.05, 3.63) is 29.6 Å². The third-order valence-corrected chi connectivity index (χ3v) is 1.82. The van der Waals surface area contributed by atoms with Crippen molar-refractivity contribution in [2.24, 2.45) is 5.73 Å². The lowest BCUT2D eigenvalue weighted by molar-refractivity contribution is 0.0977. The van der Waals surface area contributed by atoms with Crippen molar-refractivity contribution in [3.63, 3.8) is 0 Å². The first kappa shape index (κ1) is 10.7. The Balaban J connectivity index is 2.90. The molecule has 0 aliphatic rings. The number of rotatable bonds is 3. The summed E-state index contributed by atoms with van der Waals surface area (Å²) in [5, 5.41) is 0. The minimum absolute atomic E-state index is 0.155. The summed E-state index contributed by atoms with van der Waals surface area (Å²) < 4.78 is 12.7. The number of anilines is 1. The molecule has 3 nitrogen and oxygen atoms in total. The van der Waals surface area contributed by atoms with Gasteiger partial charge in [-0.15, -0.1) is 0 Å². The maximum Gasteiger partial charge on any atom is 0.166 e. The molecule has 0 aromatic heterocycles. The molecule has 0 amide bonds. The molecule has 0 spiro atoms. The first-order valence-corrected chi connectivity index (χ1v) is 4.34. The lowest BCUT2D eigenvalue weighted by Gasteiger charge is -2.06. The lowest BCUT2D eigenvalue weighted by atomic mass is 10.0. The van der Waals surface area contributed by atoms with E-state index in [-0.39, 0.29) is 23.9 Å². The van der Waals surface area contributed by atoms with E-state index in [1.165, 1.54) is 12.1 Å². The van der Waals surface area contributed by atoms with Gasteiger partial charge < -0.3 is 11.5 Å². The number of carbonyl (C=O) groups is 1. The lowest BCUT2D eigenvalue weighted by Crippen LogP contribution is -2.20. The van der Waals surface area contributed by atoms with Crippen molar-refractivity contribution >= 4 is 11.5 Å². The topological polar surface area (TPSA) is 69.1 Å². The monoisotopic (exact) mass is 196 g/mol. The van der Waals surface area contributed by atoms with Crippen LogP contribution in [0.25, 0.3) is 0 Å². The van der Waals surface area contributed by atoms with Crippen LogP contribution in [0.5, 0.6) is 0 Å². The predicted molar refractivity (Wildman–Crippen MR) is 53.4 cm³/mol. The highest BCUT2D eigenvalue weighted by Crippen LogP contribution is 2.15. The van der Waals surface area contributed by atoms with Crippen LogP contribution >= 0.6 is 0 Å². The van der Waals surface area contributed by atoms with Crippen LogP contribution < -0.4 is 11.5 Å². The van der Waals surface area contributed by atoms with E-state index in [1.54, 1.807) is 6.92 Å². The molecule has 76 valence electrons. The quantitative estimate of drug-likeness (QED) is 0.566. The van der Waals surface area contributed by atoms with Crippen molar-refractivity contribution in [1.82, 2.24) is 0 Å². The fourth-order valence-corrected chi connectivity index (χ4v) is 1.19. The van der Waals surface area contributed by atoms with Gasteiger partial charge in [0.2, 0.25) is 0 Å². The van der Waals surface area contributed by atoms with E-state index in [2.05, 4.69) is 0 Å². The van der Waals surface area contributed by atoms with Crippen molar-refractivity contribution < 1.29 is 9.18 Å². The van der Waals surface area contributed by atoms with Crippen molar-refractivity contribution in [2.45, 2.75) is 19.4 Å². The van der Waals surface area contributed by atoms with Crippen LogP contribution in [0.2, 0.25) is 0 Å². The molecule has 0 radical (unpaired) electrons. The Labute approximate surface area is 81.9 Å². The molecule has 4 N–H and O–H groups in total. The van der Waals surface area contributed by atoms with E-state index in [1.807, 2.05) is 0 Å². The summed E-state index contributed by atoms with van der Waals surface area (Å²) in [5.74, 6) is -0.600. The number of nitrogens with two attached hydrogens (primary N) is 2. The van der Waals surface area contributed by atoms with E-state index in [9.17, 15) is 9.18 Å². The van der Waals surface area contributed by atoms with Gasteiger partial charge in [0.25, 0.3) is 0 Å². The van der Waals surface area contributed by atoms with E-state index in [0.29, 0.717) is 5.56 Å². The second-order valence-corrected chi connectivity index (χ2v) is 3.34. The number of carbonyl (C=O) groups excluding carboxylic acids is 1. The van der Waals surface area contributed by atoms with Crippen LogP contribution in [0.1, 0.15) is 23.7 Å². The Hall–Kier alpha value is -1.42. The molecule has 0 saturated carbocycles. The molecule has 1 rings (SSSR count). The summed E-state index contributed by atoms with van der Waals surface area (Å²) in [6.07, 6.45) is 0.218. The average molecular weight is 196 g/mol. The standard InChI is InChI=1S/C10H13FN2O/c1-6(12)4-10(14)8-3-2-7(11)5-9(8)13/h2-3,5-6H,4,12-13H2,1H3. The second kappa shape index (κ2) is 4.19. The van der Waals surface area contributed by atoms with Crippen LogP contribution in [-0.4, -0.2) is 11.8 Å². The molecule has 0 saturated heterocycles. The van der Waals surface area contributed by atoms with Gasteiger partial charge in [-0.3, -0.25) is 4.79 Å². The molecule has 0 aliphatic heterocycles. The van der Waals surface area contributed by atoms with Crippen molar-refractivity contribution in [3.8, 4) is 0 Å². The van der Waals surface area contributed by atoms with Gasteiger partial charge in [0.15, 0.2) is 5.78 Å². The van der Waals surface area contributed by atoms with Gasteiger partial charge in [-0.2, -0.15) is 0 Å². The van der Waals surface area contributed by atoms with Gasteiger partial charge >= 0.3 is 0 Å². The fourth-order valence-electron chi connectivity index (χ4n) is 1.19. The third-order valence-electron chi connectivity index (χ3n) is 1.82. The van der Waals surface area contributed by atoms with Gasteiger partial charge in [0.05, 0.1) is 0 Å². The molecular weight excluding hydrogens is 183 g/mol. The van der Waals surface area contributed by atoms with Crippen LogP contribution in [0.15, 0.2) is 18.2 Å². The van der Waals surface area contributed by atoms with E-state index in [4.69, 9.17) is 11.5 Å². The molecule has 14 heavy (non-hydrogen) atoms. The molecule has 4 heteroatoms. The summed E-state index contributed by atoms with van der Waals surface area (Å²) in [7, 11) is 0. The molecule has 0 heterocycles. The Morgan fingerprint density at radius 3 is 2.71 bits per heavy atom. The van der Waals surface area contributed by atoms with Gasteiger partial charge in [-0.05, 0) is 25.1 Å². The number of ketones is 1. The Morgan fingerprint density at radius 1 is 1.57 bits per heavy atom. The first-order chi connectivity index (χ1) is 6.50. The van der Waals surface area contributed by atoms with E-state index >= 15 is 0 Å². The summed E-state index contributed by atoms with van der Waals surface area (Å²) in [5.41, 5.74) is 11.5. The van der Waals surface area contributed by atoms with Gasteiger partial charge in [0.1, 0.15) is 5.82 Å². The molecule has 0 aliphatic carbocycles. The number of benzene rings is 1. The smallest absolute Gasteiger partial charge is 0.166 e. The minimum atomic E-state index is -0.445. The normalized spacial score (nSPS) is 12.5. The highest BCUT2D eigenvalue weighted by Gasteiger charge is 2.11. The molecule has 1 unspecified atom stereocenters. The number of hydrogen-bond acceptors (Lipinski definition) is 3. The molecule has 0 fully saturated rings. The van der Waals surface area contributed by atoms with Gasteiger partial charge in [0, 0.05) is 23.7 Å². The number of halogens is 1. The fraction of sp³-hybridized carbons (Fsp3) is 0.300. The molecule has 1 aromatic carbocycles. The van der Waals surface area contributed by atoms with E-state index in [0.717, 1.165) is 6.07 Å². The van der Waals surface area contributed by atoms with E-state index < -0.39 is 5.82 Å². The SMILES string of the molecule is CC(N)CC(=O)c1ccc(F)cc1N. The highest BCUT2D eigenvalue weighted by molar-refractivity contribution is 6.00. The zero-order valence-electron chi connectivity index (χ0n) is 7.96. The van der Waals surface area contributed by atoms with Crippen molar-refractivity contribution in [1.29, 1.82) is 0 Å². The molecular formula is C10H13FN2O. The minimum Gasteiger partial charge on any atom is -0.398 e. The largest absolute Gasteiger partial charge is 0.398 e. The molecule has 1 atom stereocenters. The zero-order valence-corrected chi connectivity index (χ0v) is 7.96. The summed E-state index contributed by atoms with van der Waals surface area (Å²) in [6.45, 7) is 1.73. The Kier molecular flexibility index (Phi) is 3.19. The van der Waals surface area contributed by atoms with Crippen LogP contribution in [-0.2, 0) is 0 Å². The molecule has 1 aromatic rings. The number of nitrogen functional groups attached to an aromatic ring is 1. The number of hydrogen-bond donors (Lipinski definition) is 2. The zero-order chi connectivity index (χ0) is 10.7. The molecule has 0 bridgehead atoms. The van der Waals surface area contributed by atoms with Gasteiger partial charge in [-0.25, -0.2) is 4.39 Å². The highest BCUT2D eigenvalue weighted by atomic mass is 19.1. The van der Waals surface area contributed by atoms with Gasteiger partial charge in [-0.1, -0.05) is 0 Å². The summed E-state index contributed by atoms with van der Waals surface area (Å²) >= 11 is 0. The predicted octanol–water partition coefficient (Wildman–Crippen LogP) is 1.33. The maximum atomic E-state index is 12.7. The second-order valence-electron chi connectivity index (χ2n) is 3.34. The Bertz CT molecular complexity index is 350. The number of Topliss-reactive ketones (excluding diaryl/α,β-unsaturated/α-hetero) is 1. The third kappa shape index (κ3) is 2.53. The summed E-state index contributed by atoms with van der Waals surface area (Å²) in [4.78, 5) is 11.5. The Morgan fingerprint density at radius 2 is 2.21 bits per heavy atom. The van der Waals surface area contributed by atoms with Crippen LogP contribution in [0, 0.1) is 5.82 Å².